The number of piperidine rings is 1. The summed E-state index contributed by atoms with van der Waals surface area (Å²) in [7, 11) is 0. The zero-order chi connectivity index (χ0) is 15.1. The minimum Gasteiger partial charge on any atom is -0.356 e. The number of carbonyl (C=O) groups excluding carboxylic acids is 1. The smallest absolute Gasteiger partial charge is 0.220 e. The van der Waals surface area contributed by atoms with E-state index >= 15 is 0 Å². The minimum atomic E-state index is 0.243. The Hall–Kier alpha value is -0.610. The summed E-state index contributed by atoms with van der Waals surface area (Å²) in [6.07, 6.45) is 8.94. The van der Waals surface area contributed by atoms with Gasteiger partial charge in [0.25, 0.3) is 0 Å². The van der Waals surface area contributed by atoms with Crippen LogP contribution >= 0.6 is 0 Å². The molecule has 0 aromatic carbocycles. The number of hydrogen-bond acceptors (Lipinski definition) is 3. The lowest BCUT2D eigenvalue weighted by Crippen LogP contribution is -2.38. The van der Waals surface area contributed by atoms with E-state index in [1.54, 1.807) is 0 Å². The van der Waals surface area contributed by atoms with Gasteiger partial charge in [-0.05, 0) is 63.6 Å². The first-order valence-corrected chi connectivity index (χ1v) is 8.92. The topological polar surface area (TPSA) is 58.4 Å². The maximum absolute atomic E-state index is 12.0. The molecule has 1 aliphatic carbocycles. The molecule has 0 bridgehead atoms. The molecule has 2 fully saturated rings. The molecule has 1 saturated heterocycles. The van der Waals surface area contributed by atoms with Gasteiger partial charge in [0.1, 0.15) is 0 Å². The lowest BCUT2D eigenvalue weighted by atomic mass is 9.83. The van der Waals surface area contributed by atoms with Crippen molar-refractivity contribution in [1.29, 1.82) is 0 Å². The van der Waals surface area contributed by atoms with Gasteiger partial charge in [0.15, 0.2) is 0 Å². The maximum atomic E-state index is 12.0. The van der Waals surface area contributed by atoms with E-state index < -0.39 is 0 Å². The molecule has 0 spiro atoms. The predicted octanol–water partition coefficient (Wildman–Crippen LogP) is 2.13. The highest BCUT2D eigenvalue weighted by molar-refractivity contribution is 5.75. The standard InChI is InChI=1S/C17H33N3O/c1-2-20-10-8-15(9-11-20)13-19-17(21)7-6-14-4-3-5-16(18)12-14/h14-16H,2-13,18H2,1H3,(H,19,21). The second-order valence-corrected chi connectivity index (χ2v) is 7.01. The molecule has 1 amide bonds. The second kappa shape index (κ2) is 8.74. The number of carbonyl (C=O) groups is 1. The van der Waals surface area contributed by atoms with Crippen molar-refractivity contribution in [2.45, 2.75) is 64.3 Å². The summed E-state index contributed by atoms with van der Waals surface area (Å²) in [5.41, 5.74) is 6.01. The summed E-state index contributed by atoms with van der Waals surface area (Å²) in [4.78, 5) is 14.5. The third-order valence-corrected chi connectivity index (χ3v) is 5.35. The van der Waals surface area contributed by atoms with E-state index in [4.69, 9.17) is 5.73 Å². The number of amides is 1. The molecule has 2 aliphatic rings. The van der Waals surface area contributed by atoms with Gasteiger partial charge in [-0.15, -0.1) is 0 Å². The third-order valence-electron chi connectivity index (χ3n) is 5.35. The second-order valence-electron chi connectivity index (χ2n) is 7.01. The first-order chi connectivity index (χ1) is 10.2. The van der Waals surface area contributed by atoms with Crippen LogP contribution in [0.2, 0.25) is 0 Å². The molecule has 0 aromatic heterocycles. The molecular formula is C17H33N3O. The number of nitrogens with zero attached hydrogens (tertiary/aromatic N) is 1. The van der Waals surface area contributed by atoms with Gasteiger partial charge in [0.05, 0.1) is 0 Å². The Bertz CT molecular complexity index is 313. The Morgan fingerprint density at radius 3 is 2.62 bits per heavy atom. The fraction of sp³-hybridized carbons (Fsp3) is 0.941. The highest BCUT2D eigenvalue weighted by Crippen LogP contribution is 2.26. The molecule has 0 aromatic rings. The first-order valence-electron chi connectivity index (χ1n) is 8.92. The van der Waals surface area contributed by atoms with Gasteiger partial charge in [-0.1, -0.05) is 19.8 Å². The van der Waals surface area contributed by atoms with Crippen LogP contribution in [0.1, 0.15) is 58.3 Å². The average Bonchev–Trinajstić information content (AvgIpc) is 2.51. The van der Waals surface area contributed by atoms with Crippen LogP contribution in [0.4, 0.5) is 0 Å². The fourth-order valence-electron chi connectivity index (χ4n) is 3.78. The Morgan fingerprint density at radius 2 is 1.95 bits per heavy atom. The molecule has 2 atom stereocenters. The summed E-state index contributed by atoms with van der Waals surface area (Å²) in [6, 6.07) is 0.371. The fourth-order valence-corrected chi connectivity index (χ4v) is 3.78. The van der Waals surface area contributed by atoms with E-state index in [0.717, 1.165) is 25.9 Å². The van der Waals surface area contributed by atoms with Gasteiger partial charge in [-0.3, -0.25) is 4.79 Å². The normalized spacial score (nSPS) is 28.5. The quantitative estimate of drug-likeness (QED) is 0.789. The van der Waals surface area contributed by atoms with Crippen molar-refractivity contribution in [2.75, 3.05) is 26.2 Å². The molecule has 2 unspecified atom stereocenters. The molecule has 0 radical (unpaired) electrons. The number of likely N-dealkylation sites (tertiary alicyclic amines) is 1. The number of nitrogens with two attached hydrogens (primary N) is 1. The zero-order valence-corrected chi connectivity index (χ0v) is 13.7. The number of hydrogen-bond donors (Lipinski definition) is 2. The molecular weight excluding hydrogens is 262 g/mol. The van der Waals surface area contributed by atoms with Gasteiger partial charge in [0, 0.05) is 19.0 Å². The Balaban J connectivity index is 1.55. The molecule has 1 aliphatic heterocycles. The minimum absolute atomic E-state index is 0.243. The zero-order valence-electron chi connectivity index (χ0n) is 13.7. The monoisotopic (exact) mass is 295 g/mol. The molecule has 3 N–H and O–H groups in total. The first kappa shape index (κ1) is 16.8. The van der Waals surface area contributed by atoms with E-state index in [1.165, 1.54) is 45.2 Å². The summed E-state index contributed by atoms with van der Waals surface area (Å²) in [5, 5.41) is 3.15. The van der Waals surface area contributed by atoms with Crippen LogP contribution in [0.25, 0.3) is 0 Å². The summed E-state index contributed by atoms with van der Waals surface area (Å²) in [6.45, 7) is 6.64. The molecule has 4 heteroatoms. The van der Waals surface area contributed by atoms with E-state index in [9.17, 15) is 4.79 Å². The molecule has 1 saturated carbocycles. The van der Waals surface area contributed by atoms with Crippen molar-refractivity contribution in [3.8, 4) is 0 Å². The van der Waals surface area contributed by atoms with E-state index in [-0.39, 0.29) is 5.91 Å². The molecule has 122 valence electrons. The van der Waals surface area contributed by atoms with Crippen molar-refractivity contribution in [3.63, 3.8) is 0 Å². The molecule has 21 heavy (non-hydrogen) atoms. The molecule has 1 heterocycles. The number of rotatable bonds is 6. The third kappa shape index (κ3) is 5.95. The maximum Gasteiger partial charge on any atom is 0.220 e. The van der Waals surface area contributed by atoms with Crippen molar-refractivity contribution >= 4 is 5.91 Å². The highest BCUT2D eigenvalue weighted by atomic mass is 16.1. The van der Waals surface area contributed by atoms with Crippen molar-refractivity contribution in [1.82, 2.24) is 10.2 Å². The van der Waals surface area contributed by atoms with Crippen molar-refractivity contribution in [3.05, 3.63) is 0 Å². The van der Waals surface area contributed by atoms with E-state index in [1.807, 2.05) is 0 Å². The van der Waals surface area contributed by atoms with Crippen LogP contribution in [0.3, 0.4) is 0 Å². The molecule has 2 rings (SSSR count). The van der Waals surface area contributed by atoms with Gasteiger partial charge >= 0.3 is 0 Å². The van der Waals surface area contributed by atoms with Crippen LogP contribution in [-0.2, 0) is 4.79 Å². The van der Waals surface area contributed by atoms with Gasteiger partial charge < -0.3 is 16.0 Å². The van der Waals surface area contributed by atoms with Crippen molar-refractivity contribution in [2.24, 2.45) is 17.6 Å². The predicted molar refractivity (Wildman–Crippen MR) is 87.0 cm³/mol. The Labute approximate surface area is 129 Å². The van der Waals surface area contributed by atoms with Crippen LogP contribution in [0.5, 0.6) is 0 Å². The Kier molecular flexibility index (Phi) is 6.97. The highest BCUT2D eigenvalue weighted by Gasteiger charge is 2.21. The van der Waals surface area contributed by atoms with Gasteiger partial charge in [-0.25, -0.2) is 0 Å². The van der Waals surface area contributed by atoms with E-state index in [0.29, 0.717) is 24.3 Å². The van der Waals surface area contributed by atoms with Crippen molar-refractivity contribution < 1.29 is 4.79 Å². The van der Waals surface area contributed by atoms with Crippen LogP contribution in [-0.4, -0.2) is 43.0 Å². The summed E-state index contributed by atoms with van der Waals surface area (Å²) < 4.78 is 0. The SMILES string of the molecule is CCN1CCC(CNC(=O)CCC2CCCC(N)C2)CC1. The van der Waals surface area contributed by atoms with Crippen LogP contribution < -0.4 is 11.1 Å². The Morgan fingerprint density at radius 1 is 1.19 bits per heavy atom. The van der Waals surface area contributed by atoms with Crippen LogP contribution in [0.15, 0.2) is 0 Å². The lowest BCUT2D eigenvalue weighted by molar-refractivity contribution is -0.121. The number of nitrogens with one attached hydrogen (secondary N) is 1. The molecule has 4 nitrogen and oxygen atoms in total. The largest absolute Gasteiger partial charge is 0.356 e. The van der Waals surface area contributed by atoms with Crippen LogP contribution in [0, 0.1) is 11.8 Å². The lowest BCUT2D eigenvalue weighted by Gasteiger charge is -2.31. The van der Waals surface area contributed by atoms with Gasteiger partial charge in [0.2, 0.25) is 5.91 Å². The van der Waals surface area contributed by atoms with E-state index in [2.05, 4.69) is 17.1 Å². The summed E-state index contributed by atoms with van der Waals surface area (Å²) in [5.74, 6) is 1.60. The van der Waals surface area contributed by atoms with Gasteiger partial charge in [-0.2, -0.15) is 0 Å². The summed E-state index contributed by atoms with van der Waals surface area (Å²) >= 11 is 0. The average molecular weight is 295 g/mol.